The van der Waals surface area contributed by atoms with E-state index in [0.29, 0.717) is 17.7 Å². The number of rotatable bonds is 11. The zero-order valence-electron chi connectivity index (χ0n) is 22.5. The average Bonchev–Trinajstić information content (AvgIpc) is 2.92. The molecule has 4 aromatic rings. The summed E-state index contributed by atoms with van der Waals surface area (Å²) in [6, 6.07) is 29.7. The van der Waals surface area contributed by atoms with Gasteiger partial charge in [-0.05, 0) is 71.4 Å². The van der Waals surface area contributed by atoms with Crippen LogP contribution in [0, 0.1) is 5.82 Å². The minimum absolute atomic E-state index is 0.276. The van der Waals surface area contributed by atoms with Crippen molar-refractivity contribution in [2.75, 3.05) is 0 Å². The fraction of sp³-hybridized carbons (Fsp3) is 0.294. The van der Waals surface area contributed by atoms with Gasteiger partial charge in [-0.1, -0.05) is 108 Å². The highest BCUT2D eigenvalue weighted by Crippen LogP contribution is 2.52. The van der Waals surface area contributed by atoms with Crippen LogP contribution in [0.25, 0.3) is 0 Å². The molecule has 0 saturated carbocycles. The molecule has 3 unspecified atom stereocenters. The number of aliphatic hydroxyl groups excluding tert-OH is 1. The molecule has 2 N–H and O–H groups in total. The number of phenolic OH excluding ortho intramolecular Hbond substituents is 1. The van der Waals surface area contributed by atoms with Crippen LogP contribution in [0.15, 0.2) is 91.0 Å². The molecule has 0 aromatic heterocycles. The van der Waals surface area contributed by atoms with Crippen molar-refractivity contribution in [3.05, 3.63) is 130 Å². The summed E-state index contributed by atoms with van der Waals surface area (Å²) in [5.41, 5.74) is 6.06. The fourth-order valence-corrected chi connectivity index (χ4v) is 7.39. The Morgan fingerprint density at radius 1 is 0.816 bits per heavy atom. The van der Waals surface area contributed by atoms with E-state index in [9.17, 15) is 14.6 Å². The lowest BCUT2D eigenvalue weighted by atomic mass is 9.85. The molecule has 0 aliphatic carbocycles. The van der Waals surface area contributed by atoms with Gasteiger partial charge in [0.15, 0.2) is 0 Å². The Hall–Kier alpha value is -3.00. The molecule has 0 heterocycles. The van der Waals surface area contributed by atoms with Crippen molar-refractivity contribution in [1.29, 1.82) is 0 Å². The molecule has 0 amide bonds. The second-order valence-corrected chi connectivity index (χ2v) is 11.9. The normalized spacial score (nSPS) is 14.0. The van der Waals surface area contributed by atoms with Crippen molar-refractivity contribution in [1.82, 2.24) is 0 Å². The van der Waals surface area contributed by atoms with Gasteiger partial charge in [-0.3, -0.25) is 0 Å². The summed E-state index contributed by atoms with van der Waals surface area (Å²) in [5, 5.41) is 22.9. The molecule has 38 heavy (non-hydrogen) atoms. The van der Waals surface area contributed by atoms with E-state index in [1.165, 1.54) is 23.3 Å². The first-order chi connectivity index (χ1) is 18.3. The van der Waals surface area contributed by atoms with Crippen LogP contribution in [0.5, 0.6) is 5.75 Å². The third-order valence-corrected chi connectivity index (χ3v) is 9.45. The van der Waals surface area contributed by atoms with E-state index < -0.39 is 6.10 Å². The quantitative estimate of drug-likeness (QED) is 0.193. The minimum Gasteiger partial charge on any atom is -0.507 e. The summed E-state index contributed by atoms with van der Waals surface area (Å²) in [6.07, 6.45) is 3.31. The molecule has 0 bridgehead atoms. The van der Waals surface area contributed by atoms with Crippen LogP contribution in [0.2, 0.25) is 0 Å². The third-order valence-electron chi connectivity index (χ3n) is 7.37. The minimum atomic E-state index is -0.768. The molecule has 198 valence electrons. The number of hydrogen-bond donors (Lipinski definition) is 2. The predicted molar refractivity (Wildman–Crippen MR) is 158 cm³/mol. The van der Waals surface area contributed by atoms with Gasteiger partial charge in [-0.25, -0.2) is 4.39 Å². The summed E-state index contributed by atoms with van der Waals surface area (Å²) in [4.78, 5) is 0. The highest BCUT2D eigenvalue weighted by molar-refractivity contribution is 7.48. The van der Waals surface area contributed by atoms with Gasteiger partial charge in [0, 0.05) is 17.1 Å². The first-order valence-corrected chi connectivity index (χ1v) is 14.5. The zero-order chi connectivity index (χ0) is 27.1. The molecule has 0 radical (unpaired) electrons. The van der Waals surface area contributed by atoms with E-state index in [0.717, 1.165) is 47.7 Å². The van der Waals surface area contributed by atoms with Crippen molar-refractivity contribution in [2.24, 2.45) is 0 Å². The molecule has 0 aliphatic heterocycles. The van der Waals surface area contributed by atoms with Crippen LogP contribution in [-0.2, 0) is 18.0 Å². The molecule has 0 fully saturated rings. The molecule has 0 saturated heterocycles. The largest absolute Gasteiger partial charge is 0.507 e. The average molecular weight is 529 g/mol. The summed E-state index contributed by atoms with van der Waals surface area (Å²) in [6.45, 7) is 6.03. The summed E-state index contributed by atoms with van der Waals surface area (Å²) < 4.78 is 14.1. The van der Waals surface area contributed by atoms with E-state index in [2.05, 4.69) is 62.4 Å². The molecular formula is C34H38FO2P. The lowest BCUT2D eigenvalue weighted by molar-refractivity contribution is 0.200. The number of aromatic hydroxyl groups is 1. The van der Waals surface area contributed by atoms with Gasteiger partial charge in [0.05, 0.1) is 6.10 Å². The molecule has 0 aliphatic rings. The van der Waals surface area contributed by atoms with E-state index in [4.69, 9.17) is 0 Å². The van der Waals surface area contributed by atoms with Crippen LogP contribution in [0.4, 0.5) is 4.39 Å². The van der Waals surface area contributed by atoms with Crippen molar-refractivity contribution in [2.45, 2.75) is 64.1 Å². The first-order valence-electron chi connectivity index (χ1n) is 13.5. The standard InChI is InChI=1S/C34H38FO2P/c1-4-18-34(5-2,38-32-17-16-29(35)23-30(32)24(3)36)31-22-27(19-25-12-8-6-9-13-25)21-28(33(31)37)20-26-14-10-7-11-15-26/h6-17,21-24,36-38H,4-5,18-20H2,1-3H3. The van der Waals surface area contributed by atoms with Crippen molar-refractivity contribution >= 4 is 13.9 Å². The maximum Gasteiger partial charge on any atom is 0.123 e. The number of aliphatic hydroxyl groups is 1. The Bertz CT molecular complexity index is 1340. The maximum atomic E-state index is 14.1. The number of phenols is 1. The Labute approximate surface area is 228 Å². The van der Waals surface area contributed by atoms with Crippen LogP contribution < -0.4 is 5.30 Å². The van der Waals surface area contributed by atoms with Gasteiger partial charge >= 0.3 is 0 Å². The lowest BCUT2D eigenvalue weighted by Gasteiger charge is -2.36. The summed E-state index contributed by atoms with van der Waals surface area (Å²) in [7, 11) is 0.276. The van der Waals surface area contributed by atoms with Gasteiger partial charge in [0.25, 0.3) is 0 Å². The predicted octanol–water partition coefficient (Wildman–Crippen LogP) is 8.18. The molecule has 2 nitrogen and oxygen atoms in total. The SMILES string of the molecule is CCCC(CC)(Pc1ccc(F)cc1C(C)O)c1cc(Cc2ccccc2)cc(Cc2ccccc2)c1O. The summed E-state index contributed by atoms with van der Waals surface area (Å²) in [5.74, 6) is 0.0130. The highest BCUT2D eigenvalue weighted by Gasteiger charge is 2.35. The van der Waals surface area contributed by atoms with Gasteiger partial charge in [-0.15, -0.1) is 0 Å². The topological polar surface area (TPSA) is 40.5 Å². The number of hydrogen-bond acceptors (Lipinski definition) is 2. The maximum absolute atomic E-state index is 14.1. The third kappa shape index (κ3) is 6.52. The number of benzene rings is 4. The van der Waals surface area contributed by atoms with Gasteiger partial charge in [0.2, 0.25) is 0 Å². The summed E-state index contributed by atoms with van der Waals surface area (Å²) >= 11 is 0. The molecular weight excluding hydrogens is 490 g/mol. The van der Waals surface area contributed by atoms with Crippen molar-refractivity contribution < 1.29 is 14.6 Å². The molecule has 0 spiro atoms. The fourth-order valence-electron chi connectivity index (χ4n) is 5.41. The monoisotopic (exact) mass is 528 g/mol. The van der Waals surface area contributed by atoms with E-state index in [1.807, 2.05) is 30.3 Å². The Kier molecular flexibility index (Phi) is 9.36. The van der Waals surface area contributed by atoms with E-state index >= 15 is 0 Å². The molecule has 3 atom stereocenters. The van der Waals surface area contributed by atoms with Crippen LogP contribution in [0.3, 0.4) is 0 Å². The Morgan fingerprint density at radius 3 is 2.03 bits per heavy atom. The van der Waals surface area contributed by atoms with Gasteiger partial charge in [0.1, 0.15) is 11.6 Å². The highest BCUT2D eigenvalue weighted by atomic mass is 31.1. The van der Waals surface area contributed by atoms with Gasteiger partial charge in [-0.2, -0.15) is 0 Å². The van der Waals surface area contributed by atoms with Crippen LogP contribution in [-0.4, -0.2) is 10.2 Å². The van der Waals surface area contributed by atoms with E-state index in [-0.39, 0.29) is 19.6 Å². The molecule has 4 aromatic carbocycles. The molecule has 4 rings (SSSR count). The van der Waals surface area contributed by atoms with Crippen LogP contribution in [0.1, 0.15) is 79.5 Å². The Balaban J connectivity index is 1.87. The second-order valence-electron chi connectivity index (χ2n) is 10.2. The van der Waals surface area contributed by atoms with Crippen molar-refractivity contribution in [3.63, 3.8) is 0 Å². The molecule has 4 heteroatoms. The number of halogens is 1. The van der Waals surface area contributed by atoms with Crippen molar-refractivity contribution in [3.8, 4) is 5.75 Å². The lowest BCUT2D eigenvalue weighted by Crippen LogP contribution is -2.25. The van der Waals surface area contributed by atoms with E-state index in [1.54, 1.807) is 6.92 Å². The second kappa shape index (κ2) is 12.7. The smallest absolute Gasteiger partial charge is 0.123 e. The zero-order valence-corrected chi connectivity index (χ0v) is 23.5. The first kappa shape index (κ1) is 28.0. The Morgan fingerprint density at radius 2 is 1.45 bits per heavy atom. The van der Waals surface area contributed by atoms with Crippen LogP contribution >= 0.6 is 8.58 Å². The van der Waals surface area contributed by atoms with Gasteiger partial charge < -0.3 is 10.2 Å².